The van der Waals surface area contributed by atoms with Crippen LogP contribution in [0.3, 0.4) is 0 Å². The van der Waals surface area contributed by atoms with Gasteiger partial charge in [-0.05, 0) is 54.6 Å². The zero-order chi connectivity index (χ0) is 24.2. The molecule has 2 N–H and O–H groups in total. The van der Waals surface area contributed by atoms with Gasteiger partial charge in [-0.2, -0.15) is 0 Å². The first-order valence-corrected chi connectivity index (χ1v) is 10.4. The minimum atomic E-state index is -0.692. The molecule has 34 heavy (non-hydrogen) atoms. The summed E-state index contributed by atoms with van der Waals surface area (Å²) in [6.07, 6.45) is 0. The van der Waals surface area contributed by atoms with Gasteiger partial charge in [-0.1, -0.05) is 0 Å². The zero-order valence-corrected chi connectivity index (χ0v) is 18.2. The van der Waals surface area contributed by atoms with Crippen molar-refractivity contribution < 1.29 is 28.1 Å². The van der Waals surface area contributed by atoms with Crippen molar-refractivity contribution in [2.45, 2.75) is 0 Å². The Morgan fingerprint density at radius 2 is 1.88 bits per heavy atom. The van der Waals surface area contributed by atoms with Crippen LogP contribution in [0.25, 0.3) is 22.6 Å². The van der Waals surface area contributed by atoms with Crippen molar-refractivity contribution >= 4 is 45.6 Å². The molecule has 0 radical (unpaired) electrons. The molecule has 0 saturated carbocycles. The summed E-state index contributed by atoms with van der Waals surface area (Å²) in [5.41, 5.74) is 1.58. The molecule has 4 aromatic rings. The van der Waals surface area contributed by atoms with E-state index in [0.717, 1.165) is 6.07 Å². The number of nitrogens with zero attached hydrogens (tertiary/aromatic N) is 2. The van der Waals surface area contributed by atoms with Crippen LogP contribution in [0.4, 0.5) is 20.6 Å². The maximum Gasteiger partial charge on any atom is 0.329 e. The van der Waals surface area contributed by atoms with E-state index in [2.05, 4.69) is 15.0 Å². The number of carbonyl (C=O) groups is 2. The highest BCUT2D eigenvalue weighted by molar-refractivity contribution is 8.12. The molecule has 0 fully saturated rings. The summed E-state index contributed by atoms with van der Waals surface area (Å²) in [5, 5.41) is 13.1. The number of rotatable bonds is 5. The van der Waals surface area contributed by atoms with E-state index in [1.165, 1.54) is 43.5 Å². The minimum absolute atomic E-state index is 0.0167. The van der Waals surface area contributed by atoms with Gasteiger partial charge in [0.25, 0.3) is 0 Å². The maximum absolute atomic E-state index is 13.1. The number of oxazole rings is 1. The average molecular weight is 482 g/mol. The summed E-state index contributed by atoms with van der Waals surface area (Å²) >= 11 is 0.468. The molecule has 0 bridgehead atoms. The van der Waals surface area contributed by atoms with Gasteiger partial charge in [0.1, 0.15) is 11.3 Å². The van der Waals surface area contributed by atoms with E-state index in [1.54, 1.807) is 18.2 Å². The Morgan fingerprint density at radius 1 is 1.12 bits per heavy atom. The first-order valence-electron chi connectivity index (χ1n) is 9.61. The molecule has 4 rings (SSSR count). The molecule has 0 aliphatic carbocycles. The van der Waals surface area contributed by atoms with Crippen molar-refractivity contribution in [1.29, 1.82) is 0 Å². The fraction of sp³-hybridized carbons (Fsp3) is 0.0455. The normalized spacial score (nSPS) is 10.6. The van der Waals surface area contributed by atoms with Crippen LogP contribution in [0, 0.1) is 15.9 Å². The Balaban J connectivity index is 1.40. The van der Waals surface area contributed by atoms with E-state index in [0.29, 0.717) is 40.2 Å². The highest BCUT2D eigenvalue weighted by Crippen LogP contribution is 2.29. The summed E-state index contributed by atoms with van der Waals surface area (Å²) in [6, 6.07) is 13.5. The second-order valence-corrected chi connectivity index (χ2v) is 7.58. The van der Waals surface area contributed by atoms with Crippen molar-refractivity contribution in [1.82, 2.24) is 9.71 Å². The first kappa shape index (κ1) is 22.7. The van der Waals surface area contributed by atoms with Gasteiger partial charge < -0.3 is 14.5 Å². The lowest BCUT2D eigenvalue weighted by Gasteiger charge is -2.07. The lowest BCUT2D eigenvalue weighted by molar-refractivity contribution is -0.385. The van der Waals surface area contributed by atoms with E-state index >= 15 is 0 Å². The van der Waals surface area contributed by atoms with Gasteiger partial charge in [0.2, 0.25) is 11.0 Å². The molecule has 2 amide bonds. The topological polar surface area (TPSA) is 137 Å². The van der Waals surface area contributed by atoms with Gasteiger partial charge >= 0.3 is 11.7 Å². The highest BCUT2D eigenvalue weighted by atomic mass is 32.2. The van der Waals surface area contributed by atoms with Gasteiger partial charge in [0.15, 0.2) is 11.3 Å². The number of hydrogen-bond acceptors (Lipinski definition) is 8. The number of ether oxygens (including phenoxy) is 1. The van der Waals surface area contributed by atoms with Crippen LogP contribution in [-0.4, -0.2) is 28.2 Å². The van der Waals surface area contributed by atoms with Crippen LogP contribution < -0.4 is 14.8 Å². The molecule has 0 saturated heterocycles. The van der Waals surface area contributed by atoms with E-state index in [4.69, 9.17) is 9.15 Å². The minimum Gasteiger partial charge on any atom is -0.490 e. The van der Waals surface area contributed by atoms with Gasteiger partial charge in [-0.15, -0.1) is 0 Å². The molecule has 10 nitrogen and oxygen atoms in total. The summed E-state index contributed by atoms with van der Waals surface area (Å²) in [4.78, 5) is 39.3. The quantitative estimate of drug-likeness (QED) is 0.226. The summed E-state index contributed by atoms with van der Waals surface area (Å²) in [6.45, 7) is 0. The second kappa shape index (κ2) is 9.58. The fourth-order valence-corrected chi connectivity index (χ4v) is 3.47. The predicted octanol–water partition coefficient (Wildman–Crippen LogP) is 5.16. The van der Waals surface area contributed by atoms with Gasteiger partial charge in [0.05, 0.1) is 12.0 Å². The van der Waals surface area contributed by atoms with E-state index < -0.39 is 16.1 Å². The molecule has 0 spiro atoms. The number of halogens is 1. The van der Waals surface area contributed by atoms with Crippen molar-refractivity contribution in [3.8, 4) is 17.2 Å². The smallest absolute Gasteiger partial charge is 0.329 e. The molecular weight excluding hydrogens is 467 g/mol. The standard InChI is InChI=1S/C22H15FN4O6S/c1-32-19-8-4-13(10-17(19)27(30)31)21(28)34-26-22(29)24-15-7-9-18-16(11-15)25-20(33-18)12-2-5-14(23)6-3-12/h2-11H,1H3,(H2,24,26,29). The number of fused-ring (bicyclic) bond motifs is 1. The predicted molar refractivity (Wildman–Crippen MR) is 123 cm³/mol. The SMILES string of the molecule is COc1ccc(C(=O)SNC(=O)Nc2ccc3oc(-c4ccc(F)cc4)nc3c2)cc1[N+](=O)[O-]. The Morgan fingerprint density at radius 3 is 2.59 bits per heavy atom. The third-order valence-corrected chi connectivity index (χ3v) is 5.29. The number of amides is 2. The molecule has 1 aromatic heterocycles. The molecule has 12 heteroatoms. The van der Waals surface area contributed by atoms with Gasteiger partial charge in [0, 0.05) is 34.8 Å². The highest BCUT2D eigenvalue weighted by Gasteiger charge is 2.19. The summed E-state index contributed by atoms with van der Waals surface area (Å²) in [7, 11) is 1.28. The van der Waals surface area contributed by atoms with Crippen LogP contribution in [0.5, 0.6) is 5.75 Å². The molecule has 172 valence electrons. The summed E-state index contributed by atoms with van der Waals surface area (Å²) < 4.78 is 26.0. The number of nitro benzene ring substituents is 1. The van der Waals surface area contributed by atoms with Crippen LogP contribution in [0.15, 0.2) is 65.1 Å². The fourth-order valence-electron chi connectivity index (χ4n) is 2.99. The van der Waals surface area contributed by atoms with Crippen LogP contribution in [0.1, 0.15) is 10.4 Å². The van der Waals surface area contributed by atoms with Crippen LogP contribution in [-0.2, 0) is 0 Å². The average Bonchev–Trinajstić information content (AvgIpc) is 3.26. The number of urea groups is 1. The molecule has 1 heterocycles. The number of carbonyl (C=O) groups excluding carboxylic acids is 2. The number of aromatic nitrogens is 1. The lowest BCUT2D eigenvalue weighted by atomic mass is 10.2. The second-order valence-electron chi connectivity index (χ2n) is 6.80. The van der Waals surface area contributed by atoms with Crippen LogP contribution in [0.2, 0.25) is 0 Å². The maximum atomic E-state index is 13.1. The van der Waals surface area contributed by atoms with Crippen LogP contribution >= 0.6 is 11.9 Å². The zero-order valence-electron chi connectivity index (χ0n) is 17.4. The number of anilines is 1. The number of nitrogens with one attached hydrogen (secondary N) is 2. The monoisotopic (exact) mass is 482 g/mol. The van der Waals surface area contributed by atoms with Gasteiger partial charge in [-0.3, -0.25) is 19.6 Å². The Labute approximate surface area is 195 Å². The Kier molecular flexibility index (Phi) is 6.41. The molecular formula is C22H15FN4O6S. The Bertz CT molecular complexity index is 1410. The van der Waals surface area contributed by atoms with Gasteiger partial charge in [-0.25, -0.2) is 14.2 Å². The molecule has 0 atom stereocenters. The summed E-state index contributed by atoms with van der Waals surface area (Å²) in [5.74, 6) is -0.0617. The van der Waals surface area contributed by atoms with Crippen molar-refractivity contribution in [2.24, 2.45) is 0 Å². The third kappa shape index (κ3) is 4.96. The third-order valence-electron chi connectivity index (χ3n) is 4.58. The Hall–Kier alpha value is -4.45. The van der Waals surface area contributed by atoms with E-state index in [9.17, 15) is 24.1 Å². The van der Waals surface area contributed by atoms with Crippen molar-refractivity contribution in [2.75, 3.05) is 12.4 Å². The number of hydrogen-bond donors (Lipinski definition) is 2. The number of benzene rings is 3. The van der Waals surface area contributed by atoms with E-state index in [1.807, 2.05) is 0 Å². The molecule has 3 aromatic carbocycles. The molecule has 0 unspecified atom stereocenters. The number of methoxy groups -OCH3 is 1. The molecule has 0 aliphatic rings. The van der Waals surface area contributed by atoms with Crippen molar-refractivity contribution in [3.63, 3.8) is 0 Å². The van der Waals surface area contributed by atoms with Crippen molar-refractivity contribution in [3.05, 3.63) is 82.2 Å². The van der Waals surface area contributed by atoms with E-state index in [-0.39, 0.29) is 22.8 Å². The lowest BCUT2D eigenvalue weighted by Crippen LogP contribution is -2.24. The largest absolute Gasteiger partial charge is 0.490 e. The number of nitro groups is 1. The molecule has 0 aliphatic heterocycles. The first-order chi connectivity index (χ1) is 16.3.